The number of hydrogen-bond acceptors (Lipinski definition) is 5. The van der Waals surface area contributed by atoms with E-state index in [1.807, 2.05) is 36.2 Å². The molecule has 7 nitrogen and oxygen atoms in total. The zero-order chi connectivity index (χ0) is 14.4. The summed E-state index contributed by atoms with van der Waals surface area (Å²) in [5, 5.41) is 13.9. The Morgan fingerprint density at radius 2 is 2.19 bits per heavy atom. The van der Waals surface area contributed by atoms with Crippen LogP contribution in [0.25, 0.3) is 16.9 Å². The average molecular weight is 284 g/mol. The van der Waals surface area contributed by atoms with Crippen LogP contribution < -0.4 is 4.90 Å². The van der Waals surface area contributed by atoms with Gasteiger partial charge < -0.3 is 10.0 Å². The van der Waals surface area contributed by atoms with E-state index in [2.05, 4.69) is 20.0 Å². The second-order valence-electron chi connectivity index (χ2n) is 5.38. The number of β-amino-alcohol motifs (C(OH)–C–C–N with tert-alkyl or cyclic N) is 1. The molecule has 0 radical (unpaired) electrons. The van der Waals surface area contributed by atoms with Crippen LogP contribution in [-0.2, 0) is 7.05 Å². The molecule has 1 atom stereocenters. The molecule has 0 amide bonds. The maximum absolute atomic E-state index is 9.71. The zero-order valence-corrected chi connectivity index (χ0v) is 11.7. The smallest absolute Gasteiger partial charge is 0.180 e. The molecule has 4 rings (SSSR count). The van der Waals surface area contributed by atoms with Crippen LogP contribution in [0.5, 0.6) is 0 Å². The number of hydrogen-bond donors (Lipinski definition) is 1. The zero-order valence-electron chi connectivity index (χ0n) is 11.7. The Hall–Kier alpha value is -2.41. The first-order valence-corrected chi connectivity index (χ1v) is 6.96. The lowest BCUT2D eigenvalue weighted by Gasteiger charge is -2.16. The summed E-state index contributed by atoms with van der Waals surface area (Å²) >= 11 is 0. The highest BCUT2D eigenvalue weighted by Gasteiger charge is 2.24. The van der Waals surface area contributed by atoms with Gasteiger partial charge in [0.15, 0.2) is 11.5 Å². The third-order valence-corrected chi connectivity index (χ3v) is 3.87. The Morgan fingerprint density at radius 1 is 1.29 bits per heavy atom. The average Bonchev–Trinajstić information content (AvgIpc) is 3.17. The summed E-state index contributed by atoms with van der Waals surface area (Å²) in [6.45, 7) is 1.42. The fourth-order valence-electron chi connectivity index (χ4n) is 2.83. The molecule has 108 valence electrons. The molecule has 1 saturated heterocycles. The van der Waals surface area contributed by atoms with Crippen molar-refractivity contribution in [2.75, 3.05) is 18.0 Å². The van der Waals surface area contributed by atoms with Crippen LogP contribution in [0.2, 0.25) is 0 Å². The molecule has 1 aliphatic rings. The molecule has 0 aliphatic carbocycles. The number of fused-ring (bicyclic) bond motifs is 1. The number of aliphatic hydroxyl groups excluding tert-OH is 1. The van der Waals surface area contributed by atoms with E-state index in [4.69, 9.17) is 0 Å². The number of nitrogens with zero attached hydrogens (tertiary/aromatic N) is 6. The SMILES string of the molecule is Cn1cc(-c2cnc3c(N4CCC(O)C4)nccn23)cn1. The third-order valence-electron chi connectivity index (χ3n) is 3.87. The molecule has 3 aromatic rings. The first-order valence-electron chi connectivity index (χ1n) is 6.96. The summed E-state index contributed by atoms with van der Waals surface area (Å²) in [6, 6.07) is 0. The molecular weight excluding hydrogens is 268 g/mol. The van der Waals surface area contributed by atoms with Gasteiger partial charge in [-0.25, -0.2) is 9.97 Å². The minimum absolute atomic E-state index is 0.278. The second kappa shape index (κ2) is 4.56. The summed E-state index contributed by atoms with van der Waals surface area (Å²) in [6.07, 6.45) is 9.80. The number of imidazole rings is 1. The molecular formula is C14H16N6O. The van der Waals surface area contributed by atoms with Gasteiger partial charge in [0.1, 0.15) is 0 Å². The fourth-order valence-corrected chi connectivity index (χ4v) is 2.83. The van der Waals surface area contributed by atoms with E-state index in [1.54, 1.807) is 10.9 Å². The largest absolute Gasteiger partial charge is 0.391 e. The van der Waals surface area contributed by atoms with Crippen molar-refractivity contribution in [1.82, 2.24) is 24.1 Å². The Bertz CT molecular complexity index is 792. The van der Waals surface area contributed by atoms with Crippen LogP contribution in [0.3, 0.4) is 0 Å². The van der Waals surface area contributed by atoms with Crippen molar-refractivity contribution in [1.29, 1.82) is 0 Å². The van der Waals surface area contributed by atoms with Crippen molar-refractivity contribution in [2.24, 2.45) is 7.05 Å². The first kappa shape index (κ1) is 12.3. The highest BCUT2D eigenvalue weighted by Crippen LogP contribution is 2.26. The van der Waals surface area contributed by atoms with E-state index in [-0.39, 0.29) is 6.10 Å². The molecule has 1 fully saturated rings. The molecule has 0 aromatic carbocycles. The van der Waals surface area contributed by atoms with E-state index < -0.39 is 0 Å². The lowest BCUT2D eigenvalue weighted by Crippen LogP contribution is -2.23. The van der Waals surface area contributed by atoms with Crippen LogP contribution in [0, 0.1) is 0 Å². The summed E-state index contributed by atoms with van der Waals surface area (Å²) < 4.78 is 3.79. The first-order chi connectivity index (χ1) is 10.2. The van der Waals surface area contributed by atoms with Crippen LogP contribution in [0.4, 0.5) is 5.82 Å². The van der Waals surface area contributed by atoms with Gasteiger partial charge >= 0.3 is 0 Å². The van der Waals surface area contributed by atoms with Crippen molar-refractivity contribution < 1.29 is 5.11 Å². The molecule has 7 heteroatoms. The van der Waals surface area contributed by atoms with E-state index in [0.717, 1.165) is 35.7 Å². The second-order valence-corrected chi connectivity index (χ2v) is 5.38. The maximum atomic E-state index is 9.71. The van der Waals surface area contributed by atoms with Crippen LogP contribution in [-0.4, -0.2) is 48.4 Å². The molecule has 3 aromatic heterocycles. The van der Waals surface area contributed by atoms with Gasteiger partial charge in [-0.15, -0.1) is 0 Å². The van der Waals surface area contributed by atoms with Crippen molar-refractivity contribution in [2.45, 2.75) is 12.5 Å². The number of anilines is 1. The van der Waals surface area contributed by atoms with Crippen molar-refractivity contribution in [3.63, 3.8) is 0 Å². The minimum atomic E-state index is -0.278. The minimum Gasteiger partial charge on any atom is -0.391 e. The van der Waals surface area contributed by atoms with E-state index in [9.17, 15) is 5.11 Å². The summed E-state index contributed by atoms with van der Waals surface area (Å²) in [5.41, 5.74) is 2.82. The van der Waals surface area contributed by atoms with Gasteiger partial charge in [-0.3, -0.25) is 9.08 Å². The Kier molecular flexibility index (Phi) is 2.68. The molecule has 0 spiro atoms. The van der Waals surface area contributed by atoms with Gasteiger partial charge in [0.05, 0.1) is 24.2 Å². The summed E-state index contributed by atoms with van der Waals surface area (Å²) in [5.74, 6) is 0.823. The Balaban J connectivity index is 1.83. The molecule has 1 unspecified atom stereocenters. The lowest BCUT2D eigenvalue weighted by molar-refractivity contribution is 0.198. The van der Waals surface area contributed by atoms with E-state index >= 15 is 0 Å². The quantitative estimate of drug-likeness (QED) is 0.750. The number of rotatable bonds is 2. The van der Waals surface area contributed by atoms with Crippen LogP contribution in [0.1, 0.15) is 6.42 Å². The van der Waals surface area contributed by atoms with Gasteiger partial charge in [0.25, 0.3) is 0 Å². The molecule has 4 heterocycles. The Morgan fingerprint density at radius 3 is 2.90 bits per heavy atom. The molecule has 21 heavy (non-hydrogen) atoms. The van der Waals surface area contributed by atoms with E-state index in [1.165, 1.54) is 0 Å². The summed E-state index contributed by atoms with van der Waals surface area (Å²) in [7, 11) is 1.89. The van der Waals surface area contributed by atoms with Crippen LogP contribution in [0.15, 0.2) is 31.0 Å². The lowest BCUT2D eigenvalue weighted by atomic mass is 10.3. The van der Waals surface area contributed by atoms with Gasteiger partial charge in [-0.05, 0) is 6.42 Å². The van der Waals surface area contributed by atoms with Crippen LogP contribution >= 0.6 is 0 Å². The molecule has 0 saturated carbocycles. The monoisotopic (exact) mass is 284 g/mol. The van der Waals surface area contributed by atoms with Gasteiger partial charge in [0, 0.05) is 44.3 Å². The van der Waals surface area contributed by atoms with Crippen molar-refractivity contribution in [3.05, 3.63) is 31.0 Å². The van der Waals surface area contributed by atoms with E-state index in [0.29, 0.717) is 6.54 Å². The summed E-state index contributed by atoms with van der Waals surface area (Å²) in [4.78, 5) is 11.0. The molecule has 1 N–H and O–H groups in total. The third kappa shape index (κ3) is 1.97. The van der Waals surface area contributed by atoms with Crippen molar-refractivity contribution >= 4 is 11.5 Å². The highest BCUT2D eigenvalue weighted by molar-refractivity contribution is 5.71. The van der Waals surface area contributed by atoms with Gasteiger partial charge in [-0.2, -0.15) is 5.10 Å². The molecule has 1 aliphatic heterocycles. The maximum Gasteiger partial charge on any atom is 0.180 e. The normalized spacial score (nSPS) is 18.8. The van der Waals surface area contributed by atoms with Gasteiger partial charge in [-0.1, -0.05) is 0 Å². The molecule has 0 bridgehead atoms. The number of aromatic nitrogens is 5. The topological polar surface area (TPSA) is 71.5 Å². The van der Waals surface area contributed by atoms with Gasteiger partial charge in [0.2, 0.25) is 0 Å². The Labute approximate surface area is 121 Å². The predicted molar refractivity (Wildman–Crippen MR) is 78.0 cm³/mol. The number of aliphatic hydroxyl groups is 1. The standard InChI is InChI=1S/C14H16N6O/c1-18-8-10(6-17-18)12-7-16-14-13(15-3-5-20(12)14)19-4-2-11(21)9-19/h3,5-8,11,21H,2,4,9H2,1H3. The highest BCUT2D eigenvalue weighted by atomic mass is 16.3. The number of aryl methyl sites for hydroxylation is 1. The van der Waals surface area contributed by atoms with Crippen molar-refractivity contribution in [3.8, 4) is 11.3 Å². The fraction of sp³-hybridized carbons (Fsp3) is 0.357. The predicted octanol–water partition coefficient (Wildman–Crippen LogP) is 0.701.